The van der Waals surface area contributed by atoms with E-state index in [0.29, 0.717) is 11.1 Å². The zero-order chi connectivity index (χ0) is 50.6. The van der Waals surface area contributed by atoms with Gasteiger partial charge in [0, 0.05) is 37.7 Å². The van der Waals surface area contributed by atoms with Gasteiger partial charge in [0.05, 0.1) is 35.6 Å². The Labute approximate surface area is 404 Å². The summed E-state index contributed by atoms with van der Waals surface area (Å²) in [5, 5.41) is 28.8. The van der Waals surface area contributed by atoms with Crippen molar-refractivity contribution in [3.05, 3.63) is 119 Å². The van der Waals surface area contributed by atoms with Crippen LogP contribution in [0.25, 0.3) is 0 Å². The smallest absolute Gasteiger partial charge is 0.338 e. The number of aliphatic hydroxyl groups is 2. The Kier molecular flexibility index (Phi) is 13.9. The van der Waals surface area contributed by atoms with Gasteiger partial charge < -0.3 is 43.6 Å². The quantitative estimate of drug-likeness (QED) is 0.0741. The van der Waals surface area contributed by atoms with Crippen LogP contribution in [0.1, 0.15) is 107 Å². The summed E-state index contributed by atoms with van der Waals surface area (Å²) in [4.78, 5) is 86.2. The second-order valence-electron chi connectivity index (χ2n) is 21.2. The van der Waals surface area contributed by atoms with Crippen molar-refractivity contribution in [1.29, 1.82) is 0 Å². The Morgan fingerprint density at radius 1 is 0.826 bits per heavy atom. The largest absolute Gasteiger partial charge is 0.456 e. The molecule has 69 heavy (non-hydrogen) atoms. The topological polar surface area (TPSA) is 210 Å². The molecule has 3 fully saturated rings. The van der Waals surface area contributed by atoms with E-state index in [-0.39, 0.29) is 29.7 Å². The fourth-order valence-corrected chi connectivity index (χ4v) is 12.0. The van der Waals surface area contributed by atoms with E-state index >= 15 is 9.59 Å². The lowest BCUT2D eigenvalue weighted by Gasteiger charge is -2.67. The molecule has 1 heterocycles. The van der Waals surface area contributed by atoms with Crippen LogP contribution in [0.15, 0.2) is 102 Å². The monoisotopic (exact) mass is 967 g/mol. The highest BCUT2D eigenvalue weighted by molar-refractivity contribution is 6.74. The second kappa shape index (κ2) is 18.7. The molecule has 1 saturated heterocycles. The van der Waals surface area contributed by atoms with Crippen molar-refractivity contribution in [2.45, 2.75) is 147 Å². The fraction of sp³-hybridized carbons (Fsp3) is 0.509. The highest BCUT2D eigenvalue weighted by atomic mass is 28.4. The van der Waals surface area contributed by atoms with Gasteiger partial charge in [0.15, 0.2) is 31.9 Å². The highest BCUT2D eigenvalue weighted by Crippen LogP contribution is 2.64. The van der Waals surface area contributed by atoms with E-state index in [0.717, 1.165) is 6.92 Å². The minimum atomic E-state index is -2.93. The summed E-state index contributed by atoms with van der Waals surface area (Å²) in [5.41, 5.74) is -6.59. The summed E-state index contributed by atoms with van der Waals surface area (Å²) < 4.78 is 38.2. The van der Waals surface area contributed by atoms with Gasteiger partial charge in [-0.1, -0.05) is 101 Å². The van der Waals surface area contributed by atoms with E-state index in [1.807, 2.05) is 33.9 Å². The molecular weight excluding hydrogens is 903 g/mol. The molecule has 15 nitrogen and oxygen atoms in total. The van der Waals surface area contributed by atoms with Gasteiger partial charge in [0.1, 0.15) is 23.9 Å². The first-order chi connectivity index (χ1) is 32.2. The Morgan fingerprint density at radius 3 is 1.91 bits per heavy atom. The molecule has 3 aromatic rings. The molecule has 3 aromatic carbocycles. The average Bonchev–Trinajstić information content (AvgIpc) is 3.28. The molecule has 370 valence electrons. The van der Waals surface area contributed by atoms with Gasteiger partial charge in [-0.05, 0) is 73.0 Å². The maximum atomic E-state index is 15.8. The van der Waals surface area contributed by atoms with Crippen LogP contribution in [0.5, 0.6) is 0 Å². The third-order valence-electron chi connectivity index (χ3n) is 15.7. The molecule has 3 N–H and O–H groups in total. The van der Waals surface area contributed by atoms with Gasteiger partial charge in [-0.25, -0.2) is 9.59 Å². The van der Waals surface area contributed by atoms with Crippen LogP contribution in [-0.2, 0) is 47.3 Å². The van der Waals surface area contributed by atoms with Crippen molar-refractivity contribution in [3.63, 3.8) is 0 Å². The maximum Gasteiger partial charge on any atom is 0.338 e. The number of carbonyl (C=O) groups is 6. The van der Waals surface area contributed by atoms with Crippen LogP contribution in [0.4, 0.5) is 0 Å². The number of hydrogen-bond donors (Lipinski definition) is 3. The number of aliphatic hydroxyl groups excluding tert-OH is 1. The van der Waals surface area contributed by atoms with Crippen LogP contribution in [-0.4, -0.2) is 109 Å². The number of ketones is 1. The number of fused-ring (bicyclic) bond motifs is 5. The van der Waals surface area contributed by atoms with Gasteiger partial charge in [-0.2, -0.15) is 0 Å². The van der Waals surface area contributed by atoms with Crippen LogP contribution in [0.3, 0.4) is 0 Å². The lowest BCUT2D eigenvalue weighted by molar-refractivity contribution is -0.346. The van der Waals surface area contributed by atoms with Gasteiger partial charge in [-0.3, -0.25) is 19.2 Å². The first-order valence-electron chi connectivity index (χ1n) is 23.4. The molecule has 0 radical (unpaired) electrons. The molecule has 16 heteroatoms. The Bertz CT molecular complexity index is 2510. The zero-order valence-corrected chi connectivity index (χ0v) is 42.2. The summed E-state index contributed by atoms with van der Waals surface area (Å²) in [5.74, 6) is -6.32. The first kappa shape index (κ1) is 51.3. The van der Waals surface area contributed by atoms with Crippen LogP contribution in [0.2, 0.25) is 18.1 Å². The number of carbonyl (C=O) groups excluding carboxylic acids is 6. The zero-order valence-electron chi connectivity index (χ0n) is 41.2. The van der Waals surface area contributed by atoms with Crippen molar-refractivity contribution >= 4 is 43.9 Å². The number of ether oxygens (including phenoxy) is 5. The first-order valence-corrected chi connectivity index (χ1v) is 26.3. The molecule has 4 aliphatic rings. The number of amides is 1. The second-order valence-corrected chi connectivity index (χ2v) is 26.0. The van der Waals surface area contributed by atoms with E-state index < -0.39 is 126 Å². The predicted octanol–water partition coefficient (Wildman–Crippen LogP) is 6.77. The molecule has 3 aliphatic carbocycles. The van der Waals surface area contributed by atoms with Gasteiger partial charge in [-0.15, -0.1) is 0 Å². The van der Waals surface area contributed by atoms with Crippen LogP contribution < -0.4 is 5.32 Å². The van der Waals surface area contributed by atoms with Crippen molar-refractivity contribution in [2.24, 2.45) is 16.7 Å². The maximum absolute atomic E-state index is 15.8. The Morgan fingerprint density at radius 2 is 1.39 bits per heavy atom. The predicted molar refractivity (Wildman–Crippen MR) is 254 cm³/mol. The lowest BCUT2D eigenvalue weighted by Crippen LogP contribution is -2.82. The standard InChI is InChI=1S/C53H65NO14Si/c1-30-36(65-48(61)42(68-69(10,11)49(4,5)6)40(33-21-15-12-16-22-33)54-46(59)34-23-17-13-18-24-34)28-53(62)45(66-47(60)35-25-19-14-20-26-35)43-51(9,37(57)27-38-52(43,29-63-38)67-32(3)56)44(58)41(64-31(2)55)39(30)50(53,7)8/h12-26,36-38,40-43,45,57,62H,27-29H2,1-11H3,(H,54,59)/t36-,37-,38+,40-,41+,42+,43-,45-,51+,52-,53+/m0/s1. The highest BCUT2D eigenvalue weighted by Gasteiger charge is 2.78. The minimum absolute atomic E-state index is 0.0502. The fourth-order valence-electron chi connectivity index (χ4n) is 10.8. The Balaban J connectivity index is 1.44. The summed E-state index contributed by atoms with van der Waals surface area (Å²) >= 11 is 0. The summed E-state index contributed by atoms with van der Waals surface area (Å²) in [6.07, 6.45) is -9.79. The summed E-state index contributed by atoms with van der Waals surface area (Å²) in [6, 6.07) is 24.2. The molecule has 7 rings (SSSR count). The number of benzene rings is 3. The number of rotatable bonds is 12. The van der Waals surface area contributed by atoms with E-state index in [2.05, 4.69) is 5.32 Å². The van der Waals surface area contributed by atoms with Gasteiger partial charge >= 0.3 is 23.9 Å². The summed E-state index contributed by atoms with van der Waals surface area (Å²) in [6.45, 7) is 18.2. The molecule has 2 saturated carbocycles. The van der Waals surface area contributed by atoms with E-state index in [1.54, 1.807) is 99.6 Å². The third-order valence-corrected chi connectivity index (χ3v) is 20.1. The number of esters is 4. The van der Waals surface area contributed by atoms with Crippen molar-refractivity contribution in [1.82, 2.24) is 5.32 Å². The normalized spacial score (nSPS) is 30.4. The van der Waals surface area contributed by atoms with Crippen molar-refractivity contribution in [2.75, 3.05) is 6.61 Å². The van der Waals surface area contributed by atoms with Crippen LogP contribution in [0, 0.1) is 16.7 Å². The Hall–Kier alpha value is -5.52. The molecule has 1 amide bonds. The lowest BCUT2D eigenvalue weighted by atomic mass is 9.44. The molecule has 0 aromatic heterocycles. The van der Waals surface area contributed by atoms with Crippen molar-refractivity contribution in [3.8, 4) is 0 Å². The van der Waals surface area contributed by atoms with Gasteiger partial charge in [0.25, 0.3) is 5.91 Å². The van der Waals surface area contributed by atoms with Gasteiger partial charge in [0.2, 0.25) is 0 Å². The van der Waals surface area contributed by atoms with E-state index in [4.69, 9.17) is 28.1 Å². The van der Waals surface area contributed by atoms with Crippen molar-refractivity contribution < 1.29 is 67.1 Å². The van der Waals surface area contributed by atoms with E-state index in [1.165, 1.54) is 26.0 Å². The molecule has 0 unspecified atom stereocenters. The summed E-state index contributed by atoms with van der Waals surface area (Å²) in [7, 11) is -2.93. The number of Topliss-reactive ketones (excluding diaryl/α,β-unsaturated/α-hetero) is 1. The number of hydrogen-bond acceptors (Lipinski definition) is 14. The van der Waals surface area contributed by atoms with Crippen LogP contribution >= 0.6 is 0 Å². The third kappa shape index (κ3) is 8.98. The molecule has 11 atom stereocenters. The molecular formula is C53H65NO14Si. The molecule has 0 spiro atoms. The van der Waals surface area contributed by atoms with E-state index in [9.17, 15) is 29.4 Å². The number of nitrogens with one attached hydrogen (secondary N) is 1. The SMILES string of the molecule is CC(=O)O[C@H]1C(=O)[C@@]2(C)[C@H]([C@H](OC(=O)c3ccccc3)[C@]3(O)C[C@H](OC(=O)[C@H](O[Si](C)(C)C(C)(C)C)[C@@H](NC(=O)c4ccccc4)c4ccccc4)C(C)=C1C3(C)C)[C@]1(OC(C)=O)CO[C@@H]1C[C@@H]2O. The molecule has 2 bridgehead atoms. The average molecular weight is 968 g/mol. The minimum Gasteiger partial charge on any atom is -0.456 e. The molecule has 1 aliphatic heterocycles.